The molecule has 8 N–H and O–H groups in total. The Morgan fingerprint density at radius 2 is 2.00 bits per heavy atom. The second-order valence-corrected chi connectivity index (χ2v) is 9.20. The molecule has 2 aromatic heterocycles. The molecule has 4 rings (SSSR count). The van der Waals surface area contributed by atoms with E-state index in [1.54, 1.807) is 22.7 Å². The summed E-state index contributed by atoms with van der Waals surface area (Å²) in [6.45, 7) is 2.82. The summed E-state index contributed by atoms with van der Waals surface area (Å²) in [5, 5.41) is 20.2. The fourth-order valence-electron chi connectivity index (χ4n) is 4.91. The number of ether oxygens (including phenoxy) is 1. The summed E-state index contributed by atoms with van der Waals surface area (Å²) >= 11 is 0. The first-order valence-electron chi connectivity index (χ1n) is 10.9. The van der Waals surface area contributed by atoms with E-state index in [0.29, 0.717) is 43.5 Å². The van der Waals surface area contributed by atoms with Gasteiger partial charge in [-0.2, -0.15) is 9.97 Å². The molecule has 2 saturated heterocycles. The van der Waals surface area contributed by atoms with Gasteiger partial charge in [-0.25, -0.2) is 4.98 Å². The average molecular weight is 463 g/mol. The number of imidazole rings is 1. The van der Waals surface area contributed by atoms with Crippen molar-refractivity contribution in [2.45, 2.75) is 62.3 Å². The maximum Gasteiger partial charge on any atom is 0.303 e. The number of nitrogens with two attached hydrogens (primary N) is 3. The number of likely N-dealkylation sites (tertiary alicyclic amines) is 1. The number of carbonyl (C=O) groups excluding carboxylic acids is 1. The number of amides is 1. The van der Waals surface area contributed by atoms with E-state index >= 15 is 0 Å². The fraction of sp³-hybridized carbons (Fsp3) is 0.650. The molecule has 0 aliphatic carbocycles. The first-order valence-corrected chi connectivity index (χ1v) is 10.9. The maximum absolute atomic E-state index is 12.6. The molecule has 2 aromatic rings. The molecule has 0 unspecified atom stereocenters. The van der Waals surface area contributed by atoms with Crippen LogP contribution in [0.1, 0.15) is 45.1 Å². The molecule has 4 heterocycles. The van der Waals surface area contributed by atoms with Crippen LogP contribution >= 0.6 is 0 Å². The van der Waals surface area contributed by atoms with Crippen LogP contribution in [0, 0.1) is 0 Å². The summed E-state index contributed by atoms with van der Waals surface area (Å²) in [6.07, 6.45) is 2.94. The lowest BCUT2D eigenvalue weighted by atomic mass is 9.75. The molecule has 2 fully saturated rings. The summed E-state index contributed by atoms with van der Waals surface area (Å²) in [5.74, 6) is -1.05. The standard InChI is InChI=1S/C20H30N8O5/c1-19(32)9-20(4-6-27(7-5-20)17(31)11(21)2-3-13(29)30)33-8-12(19)28-10-24-14-15(22)25-18(23)26-16(14)28/h10-12,32H,2-9,21H2,1H3,(H,29,30)(H4,22,23,25,26)/t11-,12+,19+/m0/s1. The van der Waals surface area contributed by atoms with Crippen LogP contribution in [0.4, 0.5) is 11.8 Å². The van der Waals surface area contributed by atoms with E-state index in [1.807, 2.05) is 0 Å². The Bertz CT molecular complexity index is 1060. The minimum Gasteiger partial charge on any atom is -0.481 e. The van der Waals surface area contributed by atoms with E-state index in [0.717, 1.165) is 0 Å². The number of hydrogen-bond acceptors (Lipinski definition) is 10. The van der Waals surface area contributed by atoms with Crippen molar-refractivity contribution in [2.24, 2.45) is 5.73 Å². The molecule has 3 atom stereocenters. The van der Waals surface area contributed by atoms with Crippen molar-refractivity contribution in [3.8, 4) is 0 Å². The van der Waals surface area contributed by atoms with Gasteiger partial charge < -0.3 is 41.6 Å². The third-order valence-corrected chi connectivity index (χ3v) is 6.72. The van der Waals surface area contributed by atoms with Crippen molar-refractivity contribution in [2.75, 3.05) is 31.2 Å². The predicted octanol–water partition coefficient (Wildman–Crippen LogP) is -0.744. The summed E-state index contributed by atoms with van der Waals surface area (Å²) < 4.78 is 8.01. The smallest absolute Gasteiger partial charge is 0.303 e. The van der Waals surface area contributed by atoms with Gasteiger partial charge in [0, 0.05) is 25.9 Å². The monoisotopic (exact) mass is 462 g/mol. The van der Waals surface area contributed by atoms with Gasteiger partial charge in [-0.1, -0.05) is 0 Å². The van der Waals surface area contributed by atoms with Crippen LogP contribution in [-0.2, 0) is 14.3 Å². The lowest BCUT2D eigenvalue weighted by Crippen LogP contribution is -2.59. The van der Waals surface area contributed by atoms with Gasteiger partial charge in [0.2, 0.25) is 11.9 Å². The molecule has 1 spiro atoms. The Morgan fingerprint density at radius 3 is 2.64 bits per heavy atom. The Hall–Kier alpha value is -3.03. The van der Waals surface area contributed by atoms with Gasteiger partial charge in [0.05, 0.1) is 36.2 Å². The van der Waals surface area contributed by atoms with E-state index in [1.165, 1.54) is 0 Å². The molecule has 33 heavy (non-hydrogen) atoms. The Kier molecular flexibility index (Phi) is 5.88. The molecule has 13 nitrogen and oxygen atoms in total. The lowest BCUT2D eigenvalue weighted by molar-refractivity contribution is -0.197. The topological polar surface area (TPSA) is 209 Å². The quantitative estimate of drug-likeness (QED) is 0.373. The molecular formula is C20H30N8O5. The van der Waals surface area contributed by atoms with E-state index in [-0.39, 0.29) is 37.1 Å². The number of aromatic nitrogens is 4. The van der Waals surface area contributed by atoms with Crippen molar-refractivity contribution in [1.29, 1.82) is 0 Å². The number of piperidine rings is 1. The van der Waals surface area contributed by atoms with Crippen molar-refractivity contribution < 1.29 is 24.5 Å². The zero-order valence-electron chi connectivity index (χ0n) is 18.5. The highest BCUT2D eigenvalue weighted by atomic mass is 16.5. The molecule has 13 heteroatoms. The molecule has 0 aromatic carbocycles. The average Bonchev–Trinajstić information content (AvgIpc) is 3.15. The van der Waals surface area contributed by atoms with E-state index in [2.05, 4.69) is 15.0 Å². The number of aliphatic carboxylic acids is 1. The summed E-state index contributed by atoms with van der Waals surface area (Å²) in [5.41, 5.74) is 16.6. The van der Waals surface area contributed by atoms with Crippen LogP contribution in [0.5, 0.6) is 0 Å². The third kappa shape index (κ3) is 4.43. The second-order valence-electron chi connectivity index (χ2n) is 9.20. The molecule has 0 bridgehead atoms. The van der Waals surface area contributed by atoms with Crippen LogP contribution in [0.2, 0.25) is 0 Å². The van der Waals surface area contributed by atoms with Crippen LogP contribution < -0.4 is 17.2 Å². The molecule has 180 valence electrons. The predicted molar refractivity (Wildman–Crippen MR) is 118 cm³/mol. The van der Waals surface area contributed by atoms with Crippen molar-refractivity contribution in [3.05, 3.63) is 6.33 Å². The number of carboxylic acid groups (broad SMARTS) is 1. The first-order chi connectivity index (χ1) is 15.5. The minimum atomic E-state index is -1.15. The number of carbonyl (C=O) groups is 2. The highest BCUT2D eigenvalue weighted by Gasteiger charge is 2.50. The molecule has 0 saturated carbocycles. The number of anilines is 2. The summed E-state index contributed by atoms with van der Waals surface area (Å²) in [4.78, 5) is 37.4. The van der Waals surface area contributed by atoms with Gasteiger partial charge in [-0.3, -0.25) is 9.59 Å². The first kappa shape index (κ1) is 23.1. The molecule has 2 aliphatic heterocycles. The van der Waals surface area contributed by atoms with E-state index in [9.17, 15) is 14.7 Å². The normalized spacial score (nSPS) is 25.9. The van der Waals surface area contributed by atoms with Crippen LogP contribution in [-0.4, -0.2) is 83.4 Å². The van der Waals surface area contributed by atoms with Crippen LogP contribution in [0.3, 0.4) is 0 Å². The summed E-state index contributed by atoms with van der Waals surface area (Å²) in [6, 6.07) is -1.31. The summed E-state index contributed by atoms with van der Waals surface area (Å²) in [7, 11) is 0. The molecule has 0 radical (unpaired) electrons. The van der Waals surface area contributed by atoms with Crippen molar-refractivity contribution in [1.82, 2.24) is 24.4 Å². The Labute approximate surface area is 189 Å². The van der Waals surface area contributed by atoms with E-state index in [4.69, 9.17) is 27.0 Å². The number of nitrogens with zero attached hydrogens (tertiary/aromatic N) is 5. The van der Waals surface area contributed by atoms with Crippen LogP contribution in [0.15, 0.2) is 6.33 Å². The van der Waals surface area contributed by atoms with Crippen molar-refractivity contribution >= 4 is 34.8 Å². The number of aliphatic hydroxyl groups is 1. The lowest BCUT2D eigenvalue weighted by Gasteiger charge is -2.51. The largest absolute Gasteiger partial charge is 0.481 e. The van der Waals surface area contributed by atoms with E-state index < -0.39 is 29.3 Å². The van der Waals surface area contributed by atoms with Gasteiger partial charge in [-0.15, -0.1) is 0 Å². The number of rotatable bonds is 5. The molecule has 1 amide bonds. The molecule has 2 aliphatic rings. The van der Waals surface area contributed by atoms with Crippen LogP contribution in [0.25, 0.3) is 11.2 Å². The van der Waals surface area contributed by atoms with Gasteiger partial charge >= 0.3 is 5.97 Å². The number of nitrogen functional groups attached to an aromatic ring is 2. The number of carboxylic acids is 1. The minimum absolute atomic E-state index is 0.0215. The van der Waals surface area contributed by atoms with Gasteiger partial charge in [0.1, 0.15) is 5.52 Å². The second kappa shape index (κ2) is 8.39. The SMILES string of the molecule is C[C@@]1(O)CC2(CCN(C(=O)[C@@H](N)CCC(=O)O)CC2)OC[C@H]1n1cnc2c(N)nc(N)nc21. The number of hydrogen-bond donors (Lipinski definition) is 5. The number of fused-ring (bicyclic) bond motifs is 1. The highest BCUT2D eigenvalue weighted by Crippen LogP contribution is 2.44. The fourth-order valence-corrected chi connectivity index (χ4v) is 4.91. The van der Waals surface area contributed by atoms with Gasteiger partial charge in [0.15, 0.2) is 11.5 Å². The van der Waals surface area contributed by atoms with Gasteiger partial charge in [0.25, 0.3) is 0 Å². The third-order valence-electron chi connectivity index (χ3n) is 6.72. The zero-order chi connectivity index (χ0) is 24.0. The molecular weight excluding hydrogens is 432 g/mol. The van der Waals surface area contributed by atoms with Gasteiger partial charge in [-0.05, 0) is 26.2 Å². The Morgan fingerprint density at radius 1 is 1.30 bits per heavy atom. The van der Waals surface area contributed by atoms with Crippen molar-refractivity contribution in [3.63, 3.8) is 0 Å². The highest BCUT2D eigenvalue weighted by molar-refractivity contribution is 5.83. The maximum atomic E-state index is 12.6. The Balaban J connectivity index is 1.44. The zero-order valence-corrected chi connectivity index (χ0v) is 18.5.